The molecule has 2 aliphatic rings. The van der Waals surface area contributed by atoms with E-state index in [4.69, 9.17) is 16.3 Å². The fraction of sp³-hybridized carbons (Fsp3) is 0.333. The van der Waals surface area contributed by atoms with Crippen LogP contribution in [0, 0.1) is 5.82 Å². The normalized spacial score (nSPS) is 19.9. The summed E-state index contributed by atoms with van der Waals surface area (Å²) in [5.41, 5.74) is 1.50. The summed E-state index contributed by atoms with van der Waals surface area (Å²) in [4.78, 5) is 29.4. The van der Waals surface area contributed by atoms with Crippen LogP contribution in [0.4, 0.5) is 14.9 Å². The number of hydrogen-bond acceptors (Lipinski definition) is 4. The molecule has 6 nitrogen and oxygen atoms in total. The first-order valence-corrected chi connectivity index (χ1v) is 11.9. The molecule has 35 heavy (non-hydrogen) atoms. The van der Waals surface area contributed by atoms with Crippen molar-refractivity contribution in [1.29, 1.82) is 0 Å². The molecule has 0 spiro atoms. The predicted octanol–water partition coefficient (Wildman–Crippen LogP) is 5.49. The molecule has 2 heterocycles. The van der Waals surface area contributed by atoms with Crippen LogP contribution in [0.2, 0.25) is 5.02 Å². The fourth-order valence-electron chi connectivity index (χ4n) is 4.26. The number of amides is 2. The highest BCUT2D eigenvalue weighted by molar-refractivity contribution is 6.31. The van der Waals surface area contributed by atoms with E-state index < -0.39 is 11.7 Å². The second-order valence-corrected chi connectivity index (χ2v) is 10.2. The van der Waals surface area contributed by atoms with Crippen LogP contribution in [0.1, 0.15) is 31.9 Å². The second-order valence-electron chi connectivity index (χ2n) is 9.75. The molecule has 2 amide bonds. The maximum Gasteiger partial charge on any atom is 0.412 e. The molecule has 0 saturated carbocycles. The lowest BCUT2D eigenvalue weighted by Crippen LogP contribution is -2.55. The second kappa shape index (κ2) is 10.2. The molecule has 2 aliphatic heterocycles. The first-order chi connectivity index (χ1) is 16.6. The summed E-state index contributed by atoms with van der Waals surface area (Å²) in [5.74, 6) is -0.356. The minimum atomic E-state index is -0.638. The van der Waals surface area contributed by atoms with Gasteiger partial charge < -0.3 is 9.64 Å². The third kappa shape index (κ3) is 6.50. The van der Waals surface area contributed by atoms with E-state index in [0.717, 1.165) is 5.56 Å². The topological polar surface area (TPSA) is 61.9 Å². The lowest BCUT2D eigenvalue weighted by Gasteiger charge is -2.41. The van der Waals surface area contributed by atoms with Crippen molar-refractivity contribution < 1.29 is 18.7 Å². The van der Waals surface area contributed by atoms with Crippen LogP contribution in [-0.4, -0.2) is 52.6 Å². The molecule has 2 bridgehead atoms. The van der Waals surface area contributed by atoms with Gasteiger partial charge in [0.1, 0.15) is 11.4 Å². The first kappa shape index (κ1) is 24.9. The summed E-state index contributed by atoms with van der Waals surface area (Å²) in [7, 11) is 0. The van der Waals surface area contributed by atoms with Gasteiger partial charge in [-0.15, -0.1) is 0 Å². The number of fused-ring (bicyclic) bond motifs is 2. The molecule has 184 valence electrons. The number of nitrogens with one attached hydrogen (secondary N) is 1. The van der Waals surface area contributed by atoms with Gasteiger partial charge in [-0.1, -0.05) is 42.0 Å². The molecule has 4 rings (SSSR count). The molecule has 2 atom stereocenters. The zero-order valence-corrected chi connectivity index (χ0v) is 20.8. The summed E-state index contributed by atoms with van der Waals surface area (Å²) >= 11 is 6.11. The zero-order chi connectivity index (χ0) is 25.2. The molecule has 1 N–H and O–H groups in total. The van der Waals surface area contributed by atoms with Gasteiger partial charge in [-0.2, -0.15) is 0 Å². The number of rotatable bonds is 5. The average Bonchev–Trinajstić information content (AvgIpc) is 2.99. The highest BCUT2D eigenvalue weighted by atomic mass is 35.5. The van der Waals surface area contributed by atoms with Crippen LogP contribution < -0.4 is 5.32 Å². The van der Waals surface area contributed by atoms with Crippen molar-refractivity contribution >= 4 is 35.4 Å². The van der Waals surface area contributed by atoms with Gasteiger partial charge in [0.05, 0.1) is 5.69 Å². The van der Waals surface area contributed by atoms with Crippen molar-refractivity contribution in [1.82, 2.24) is 9.80 Å². The Bertz CT molecular complexity index is 1140. The van der Waals surface area contributed by atoms with E-state index >= 15 is 0 Å². The standard InChI is InChI=1S/C27H29ClFN3O3/c1-27(2,3)35-26(34)30-24-14-20(28)8-6-19(24)7-13-25(33)31-16-22-11-12-23(17-31)32(22)15-18-4-9-21(29)10-5-18/h4-14,22-23H,15-17H2,1-3H3,(H,30,34)/b13-7+. The smallest absolute Gasteiger partial charge is 0.412 e. The molecule has 0 radical (unpaired) electrons. The molecule has 1 fully saturated rings. The van der Waals surface area contributed by atoms with Crippen LogP contribution in [0.15, 0.2) is 60.7 Å². The van der Waals surface area contributed by atoms with E-state index in [2.05, 4.69) is 22.4 Å². The van der Waals surface area contributed by atoms with Crippen LogP contribution in [0.5, 0.6) is 0 Å². The van der Waals surface area contributed by atoms with Crippen molar-refractivity contribution in [2.24, 2.45) is 0 Å². The maximum atomic E-state index is 13.2. The van der Waals surface area contributed by atoms with Crippen LogP contribution in [0.25, 0.3) is 6.08 Å². The number of nitrogens with zero attached hydrogens (tertiary/aromatic N) is 2. The summed E-state index contributed by atoms with van der Waals surface area (Å²) in [6.07, 6.45) is 6.85. The Labute approximate surface area is 210 Å². The van der Waals surface area contributed by atoms with E-state index in [1.165, 1.54) is 18.2 Å². The molecule has 0 aliphatic carbocycles. The average molecular weight is 498 g/mol. The van der Waals surface area contributed by atoms with Crippen molar-refractivity contribution in [2.45, 2.75) is 45.0 Å². The van der Waals surface area contributed by atoms with E-state index in [9.17, 15) is 14.0 Å². The Morgan fingerprint density at radius 2 is 1.77 bits per heavy atom. The summed E-state index contributed by atoms with van der Waals surface area (Å²) < 4.78 is 18.6. The minimum absolute atomic E-state index is 0.107. The maximum absolute atomic E-state index is 13.2. The molecular weight excluding hydrogens is 469 g/mol. The van der Waals surface area contributed by atoms with E-state index in [1.807, 2.05) is 4.90 Å². The van der Waals surface area contributed by atoms with Gasteiger partial charge in [0, 0.05) is 42.8 Å². The highest BCUT2D eigenvalue weighted by Gasteiger charge is 2.37. The Morgan fingerprint density at radius 1 is 1.11 bits per heavy atom. The van der Waals surface area contributed by atoms with Crippen LogP contribution in [-0.2, 0) is 16.1 Å². The van der Waals surface area contributed by atoms with Gasteiger partial charge in [-0.3, -0.25) is 15.0 Å². The summed E-state index contributed by atoms with van der Waals surface area (Å²) in [6.45, 7) is 7.19. The molecule has 8 heteroatoms. The molecule has 2 unspecified atom stereocenters. The number of ether oxygens (including phenoxy) is 1. The Balaban J connectivity index is 1.40. The zero-order valence-electron chi connectivity index (χ0n) is 20.0. The third-order valence-electron chi connectivity index (χ3n) is 5.87. The quantitative estimate of drug-likeness (QED) is 0.438. The van der Waals surface area contributed by atoms with Crippen molar-refractivity contribution in [3.05, 3.63) is 82.7 Å². The van der Waals surface area contributed by atoms with Gasteiger partial charge in [0.2, 0.25) is 5.91 Å². The van der Waals surface area contributed by atoms with Gasteiger partial charge in [0.25, 0.3) is 0 Å². The van der Waals surface area contributed by atoms with Gasteiger partial charge in [-0.05, 0) is 62.2 Å². The number of anilines is 1. The molecular formula is C27H29ClFN3O3. The molecule has 1 saturated heterocycles. The summed E-state index contributed by atoms with van der Waals surface area (Å²) in [6, 6.07) is 11.8. The predicted molar refractivity (Wildman–Crippen MR) is 136 cm³/mol. The van der Waals surface area contributed by atoms with E-state index in [1.54, 1.807) is 57.2 Å². The van der Waals surface area contributed by atoms with E-state index in [0.29, 0.717) is 35.9 Å². The summed E-state index contributed by atoms with van der Waals surface area (Å²) in [5, 5.41) is 3.16. The SMILES string of the molecule is CC(C)(C)OC(=O)Nc1cc(Cl)ccc1/C=C/C(=O)N1CC2C=CC(C1)N2Cc1ccc(F)cc1. The van der Waals surface area contributed by atoms with Crippen molar-refractivity contribution in [3.8, 4) is 0 Å². The lowest BCUT2D eigenvalue weighted by molar-refractivity contribution is -0.129. The largest absolute Gasteiger partial charge is 0.444 e. The lowest BCUT2D eigenvalue weighted by atomic mass is 10.1. The van der Waals surface area contributed by atoms with E-state index in [-0.39, 0.29) is 23.8 Å². The Hall–Kier alpha value is -3.16. The van der Waals surface area contributed by atoms with Gasteiger partial charge in [0.15, 0.2) is 0 Å². The number of carbonyl (C=O) groups excluding carboxylic acids is 2. The van der Waals surface area contributed by atoms with Crippen molar-refractivity contribution in [3.63, 3.8) is 0 Å². The number of benzene rings is 2. The van der Waals surface area contributed by atoms with Gasteiger partial charge in [-0.25, -0.2) is 9.18 Å². The number of carbonyl (C=O) groups is 2. The Morgan fingerprint density at radius 3 is 2.40 bits per heavy atom. The first-order valence-electron chi connectivity index (χ1n) is 11.5. The number of halogens is 2. The molecule has 2 aromatic carbocycles. The van der Waals surface area contributed by atoms with Gasteiger partial charge >= 0.3 is 6.09 Å². The van der Waals surface area contributed by atoms with Crippen molar-refractivity contribution in [2.75, 3.05) is 18.4 Å². The molecule has 2 aromatic rings. The Kier molecular flexibility index (Phi) is 7.28. The number of hydrogen-bond donors (Lipinski definition) is 1. The minimum Gasteiger partial charge on any atom is -0.444 e. The number of piperazine rings is 1. The third-order valence-corrected chi connectivity index (χ3v) is 6.10. The van der Waals surface area contributed by atoms with Crippen LogP contribution >= 0.6 is 11.6 Å². The monoisotopic (exact) mass is 497 g/mol. The van der Waals surface area contributed by atoms with Crippen LogP contribution in [0.3, 0.4) is 0 Å². The molecule has 0 aromatic heterocycles. The fourth-order valence-corrected chi connectivity index (χ4v) is 4.43. The highest BCUT2D eigenvalue weighted by Crippen LogP contribution is 2.27.